The average Bonchev–Trinajstić information content (AvgIpc) is 2.33. The van der Waals surface area contributed by atoms with Crippen molar-refractivity contribution in [3.63, 3.8) is 0 Å². The molecular weight excluding hydrogens is 333 g/mol. The Morgan fingerprint density at radius 1 is 0.889 bits per heavy atom. The van der Waals surface area contributed by atoms with Gasteiger partial charge in [0, 0.05) is 34.9 Å². The number of halogens is 1. The Morgan fingerprint density at radius 3 is 1.56 bits per heavy atom. The summed E-state index contributed by atoms with van der Waals surface area (Å²) < 4.78 is 2.46. The highest BCUT2D eigenvalue weighted by atomic mass is 127. The van der Waals surface area contributed by atoms with Crippen LogP contribution in [0, 0.1) is 5.41 Å². The van der Waals surface area contributed by atoms with Crippen LogP contribution in [0.3, 0.4) is 0 Å². The molecule has 0 aromatic heterocycles. The van der Waals surface area contributed by atoms with E-state index in [0.29, 0.717) is 11.0 Å². The summed E-state index contributed by atoms with van der Waals surface area (Å²) in [7, 11) is 0. The molecule has 0 heterocycles. The number of hydrogen-bond donors (Lipinski definition) is 0. The zero-order chi connectivity index (χ0) is 15.4. The minimum absolute atomic E-state index is 0.316. The Morgan fingerprint density at radius 2 is 1.28 bits per heavy atom. The lowest BCUT2D eigenvalue weighted by Crippen LogP contribution is -2.41. The number of rotatable bonds is 6. The van der Waals surface area contributed by atoms with Crippen LogP contribution in [-0.2, 0) is 0 Å². The van der Waals surface area contributed by atoms with Gasteiger partial charge in [-0.05, 0) is 32.1 Å². The molecule has 0 radical (unpaired) electrons. The molecule has 0 aliphatic rings. The third-order valence-electron chi connectivity index (χ3n) is 2.95. The molecule has 0 unspecified atom stereocenters. The van der Waals surface area contributed by atoms with Crippen LogP contribution in [0.5, 0.6) is 0 Å². The van der Waals surface area contributed by atoms with Gasteiger partial charge in [-0.25, -0.2) is 3.11 Å². The third kappa shape index (κ3) is 11.8. The highest BCUT2D eigenvalue weighted by Crippen LogP contribution is 2.35. The SMILES string of the molecule is CC.CC.CCCN(I)C(C)(C)CC(C)(C)CC. The molecule has 2 heteroatoms. The molecule has 0 aliphatic carbocycles. The predicted octanol–water partition coefficient (Wildman–Crippen LogP) is 6.71. The third-order valence-corrected chi connectivity index (χ3v) is 4.73. The summed E-state index contributed by atoms with van der Waals surface area (Å²) in [4.78, 5) is 0. The molecule has 0 saturated heterocycles. The summed E-state index contributed by atoms with van der Waals surface area (Å²) in [5.74, 6) is 0. The highest BCUT2D eigenvalue weighted by molar-refractivity contribution is 14.1. The van der Waals surface area contributed by atoms with Crippen molar-refractivity contribution in [1.82, 2.24) is 3.11 Å². The standard InChI is InChI=1S/C12H26IN.2C2H6/c1-7-9-14(13)12(5,6)10-11(3,4)8-2;2*1-2/h7-10H2,1-6H3;2*1-2H3. The van der Waals surface area contributed by atoms with Crippen molar-refractivity contribution in [3.8, 4) is 0 Å². The predicted molar refractivity (Wildman–Crippen MR) is 96.5 cm³/mol. The fourth-order valence-electron chi connectivity index (χ4n) is 1.88. The van der Waals surface area contributed by atoms with Crippen molar-refractivity contribution >= 4 is 22.9 Å². The molecule has 0 saturated carbocycles. The summed E-state index contributed by atoms with van der Waals surface area (Å²) in [6.45, 7) is 23.2. The lowest BCUT2D eigenvalue weighted by atomic mass is 9.78. The second-order valence-electron chi connectivity index (χ2n) is 5.59. The summed E-state index contributed by atoms with van der Waals surface area (Å²) in [6.07, 6.45) is 3.76. The van der Waals surface area contributed by atoms with Crippen LogP contribution in [0.15, 0.2) is 0 Å². The normalized spacial score (nSPS) is 11.3. The largest absolute Gasteiger partial charge is 0.242 e. The van der Waals surface area contributed by atoms with E-state index in [2.05, 4.69) is 67.5 Å². The Kier molecular flexibility index (Phi) is 16.8. The van der Waals surface area contributed by atoms with Gasteiger partial charge in [0.2, 0.25) is 0 Å². The van der Waals surface area contributed by atoms with E-state index < -0.39 is 0 Å². The van der Waals surface area contributed by atoms with E-state index in [0.717, 1.165) is 0 Å². The smallest absolute Gasteiger partial charge is 0.0253 e. The molecule has 0 aliphatic heterocycles. The molecule has 0 N–H and O–H groups in total. The van der Waals surface area contributed by atoms with E-state index in [9.17, 15) is 0 Å². The van der Waals surface area contributed by atoms with E-state index in [1.165, 1.54) is 25.8 Å². The van der Waals surface area contributed by atoms with Crippen LogP contribution in [0.1, 0.15) is 88.5 Å². The van der Waals surface area contributed by atoms with Crippen molar-refractivity contribution in [1.29, 1.82) is 0 Å². The fraction of sp³-hybridized carbons (Fsp3) is 1.00. The Hall–Kier alpha value is 0.690. The van der Waals surface area contributed by atoms with E-state index >= 15 is 0 Å². The Balaban J connectivity index is -0.000000506. The lowest BCUT2D eigenvalue weighted by molar-refractivity contribution is 0.165. The van der Waals surface area contributed by atoms with Crippen molar-refractivity contribution in [3.05, 3.63) is 0 Å². The maximum Gasteiger partial charge on any atom is 0.0253 e. The molecule has 0 aromatic carbocycles. The maximum atomic E-state index is 2.47. The van der Waals surface area contributed by atoms with Gasteiger partial charge in [-0.1, -0.05) is 61.8 Å². The minimum Gasteiger partial charge on any atom is -0.242 e. The molecule has 1 nitrogen and oxygen atoms in total. The van der Waals surface area contributed by atoms with Crippen molar-refractivity contribution < 1.29 is 0 Å². The van der Waals surface area contributed by atoms with Gasteiger partial charge in [-0.2, -0.15) is 0 Å². The summed E-state index contributed by atoms with van der Waals surface area (Å²) in [5.41, 5.74) is 0.775. The number of hydrogen-bond acceptors (Lipinski definition) is 1. The fourth-order valence-corrected chi connectivity index (χ4v) is 2.53. The van der Waals surface area contributed by atoms with Gasteiger partial charge >= 0.3 is 0 Å². The minimum atomic E-state index is 0.316. The van der Waals surface area contributed by atoms with Crippen LogP contribution in [0.25, 0.3) is 0 Å². The first kappa shape index (κ1) is 23.8. The first-order chi connectivity index (χ1) is 8.25. The van der Waals surface area contributed by atoms with E-state index in [4.69, 9.17) is 0 Å². The lowest BCUT2D eigenvalue weighted by Gasteiger charge is -2.39. The van der Waals surface area contributed by atoms with Crippen LogP contribution < -0.4 is 0 Å². The summed E-state index contributed by atoms with van der Waals surface area (Å²) >= 11 is 2.47. The maximum absolute atomic E-state index is 2.47. The molecule has 0 rings (SSSR count). The second kappa shape index (κ2) is 12.7. The van der Waals surface area contributed by atoms with E-state index in [1.54, 1.807) is 0 Å². The van der Waals surface area contributed by atoms with Crippen molar-refractivity contribution in [2.75, 3.05) is 6.54 Å². The van der Waals surface area contributed by atoms with Gasteiger partial charge in [-0.3, -0.25) is 0 Å². The summed E-state index contributed by atoms with van der Waals surface area (Å²) in [6, 6.07) is 0. The van der Waals surface area contributed by atoms with Gasteiger partial charge in [0.05, 0.1) is 0 Å². The molecule has 0 bridgehead atoms. The van der Waals surface area contributed by atoms with E-state index in [1.807, 2.05) is 27.7 Å². The van der Waals surface area contributed by atoms with Crippen molar-refractivity contribution in [2.24, 2.45) is 5.41 Å². The Labute approximate surface area is 132 Å². The van der Waals surface area contributed by atoms with Crippen LogP contribution in [0.2, 0.25) is 0 Å². The van der Waals surface area contributed by atoms with Gasteiger partial charge in [0.25, 0.3) is 0 Å². The monoisotopic (exact) mass is 371 g/mol. The molecule has 114 valence electrons. The van der Waals surface area contributed by atoms with E-state index in [-0.39, 0.29) is 0 Å². The molecule has 18 heavy (non-hydrogen) atoms. The second-order valence-corrected chi connectivity index (χ2v) is 6.76. The van der Waals surface area contributed by atoms with Gasteiger partial charge in [-0.15, -0.1) is 0 Å². The Bertz CT molecular complexity index is 164. The number of nitrogens with zero attached hydrogens (tertiary/aromatic N) is 1. The average molecular weight is 371 g/mol. The molecule has 0 atom stereocenters. The molecule has 0 fully saturated rings. The van der Waals surface area contributed by atoms with Crippen LogP contribution >= 0.6 is 22.9 Å². The van der Waals surface area contributed by atoms with Crippen LogP contribution in [-0.4, -0.2) is 15.2 Å². The summed E-state index contributed by atoms with van der Waals surface area (Å²) in [5, 5.41) is 0. The molecule has 0 spiro atoms. The zero-order valence-corrected chi connectivity index (χ0v) is 16.8. The first-order valence-electron chi connectivity index (χ1n) is 7.68. The zero-order valence-electron chi connectivity index (χ0n) is 14.7. The van der Waals surface area contributed by atoms with Crippen LogP contribution in [0.4, 0.5) is 0 Å². The van der Waals surface area contributed by atoms with Gasteiger partial charge < -0.3 is 0 Å². The molecule has 0 aromatic rings. The quantitative estimate of drug-likeness (QED) is 0.371. The van der Waals surface area contributed by atoms with Gasteiger partial charge in [0.1, 0.15) is 0 Å². The molecule has 0 amide bonds. The van der Waals surface area contributed by atoms with Crippen molar-refractivity contribution in [2.45, 2.75) is 94.0 Å². The molecular formula is C16H38IN. The van der Waals surface area contributed by atoms with Gasteiger partial charge in [0.15, 0.2) is 0 Å². The highest BCUT2D eigenvalue weighted by Gasteiger charge is 2.31. The topological polar surface area (TPSA) is 3.24 Å². The first-order valence-corrected chi connectivity index (χ1v) is 8.65.